The molecule has 92 valence electrons. The second-order valence-corrected chi connectivity index (χ2v) is 5.00. The number of amides is 2. The van der Waals surface area contributed by atoms with Crippen LogP contribution in [0.5, 0.6) is 0 Å². The Balaban J connectivity index is 2.25. The van der Waals surface area contributed by atoms with Crippen molar-refractivity contribution in [1.82, 2.24) is 4.90 Å². The summed E-state index contributed by atoms with van der Waals surface area (Å²) in [5.41, 5.74) is 10.6. The Morgan fingerprint density at radius 2 is 1.94 bits per heavy atom. The van der Waals surface area contributed by atoms with E-state index in [1.54, 1.807) is 11.8 Å². The number of primary amides is 1. The lowest BCUT2D eigenvalue weighted by Gasteiger charge is -2.30. The SMILES string of the molecule is NCCSCC(=O)N1CCC(C(N)=O)CC1. The molecule has 1 fully saturated rings. The zero-order chi connectivity index (χ0) is 12.0. The molecule has 2 amide bonds. The van der Waals surface area contributed by atoms with Crippen molar-refractivity contribution in [2.75, 3.05) is 31.1 Å². The smallest absolute Gasteiger partial charge is 0.232 e. The van der Waals surface area contributed by atoms with Crippen LogP contribution in [0.2, 0.25) is 0 Å². The molecule has 0 aliphatic carbocycles. The van der Waals surface area contributed by atoms with Crippen LogP contribution >= 0.6 is 11.8 Å². The highest BCUT2D eigenvalue weighted by atomic mass is 32.2. The quantitative estimate of drug-likeness (QED) is 0.633. The number of nitrogens with zero attached hydrogens (tertiary/aromatic N) is 1. The number of hydrogen-bond donors (Lipinski definition) is 2. The lowest BCUT2D eigenvalue weighted by atomic mass is 9.96. The van der Waals surface area contributed by atoms with E-state index in [1.165, 1.54) is 0 Å². The fraction of sp³-hybridized carbons (Fsp3) is 0.800. The molecule has 0 unspecified atom stereocenters. The summed E-state index contributed by atoms with van der Waals surface area (Å²) >= 11 is 1.55. The first kappa shape index (κ1) is 13.3. The summed E-state index contributed by atoms with van der Waals surface area (Å²) in [6.45, 7) is 1.90. The van der Waals surface area contributed by atoms with Gasteiger partial charge in [0.1, 0.15) is 0 Å². The van der Waals surface area contributed by atoms with Crippen LogP contribution < -0.4 is 11.5 Å². The minimum absolute atomic E-state index is 0.0549. The van der Waals surface area contributed by atoms with Gasteiger partial charge >= 0.3 is 0 Å². The van der Waals surface area contributed by atoms with E-state index in [0.29, 0.717) is 38.2 Å². The van der Waals surface area contributed by atoms with E-state index in [0.717, 1.165) is 5.75 Å². The molecule has 0 radical (unpaired) electrons. The minimum atomic E-state index is -0.246. The summed E-state index contributed by atoms with van der Waals surface area (Å²) in [5.74, 6) is 1.13. The summed E-state index contributed by atoms with van der Waals surface area (Å²) in [6, 6.07) is 0. The van der Waals surface area contributed by atoms with Gasteiger partial charge in [0, 0.05) is 31.3 Å². The van der Waals surface area contributed by atoms with Crippen molar-refractivity contribution in [3.05, 3.63) is 0 Å². The van der Waals surface area contributed by atoms with Crippen LogP contribution in [-0.4, -0.2) is 47.9 Å². The highest BCUT2D eigenvalue weighted by Crippen LogP contribution is 2.17. The second-order valence-electron chi connectivity index (χ2n) is 3.90. The first-order valence-corrected chi connectivity index (χ1v) is 6.65. The fourth-order valence-corrected chi connectivity index (χ4v) is 2.42. The molecule has 5 nitrogen and oxygen atoms in total. The van der Waals surface area contributed by atoms with E-state index in [2.05, 4.69) is 0 Å². The highest BCUT2D eigenvalue weighted by Gasteiger charge is 2.25. The third-order valence-electron chi connectivity index (χ3n) is 2.74. The molecular formula is C10H19N3O2S. The van der Waals surface area contributed by atoms with Crippen LogP contribution in [0.4, 0.5) is 0 Å². The standard InChI is InChI=1S/C10H19N3O2S/c11-3-6-16-7-9(14)13-4-1-8(2-5-13)10(12)15/h8H,1-7,11H2,(H2,12,15). The van der Waals surface area contributed by atoms with Crippen LogP contribution in [-0.2, 0) is 9.59 Å². The normalized spacial score (nSPS) is 17.4. The van der Waals surface area contributed by atoms with E-state index in [4.69, 9.17) is 11.5 Å². The summed E-state index contributed by atoms with van der Waals surface area (Å²) in [7, 11) is 0. The van der Waals surface area contributed by atoms with Crippen molar-refractivity contribution in [2.24, 2.45) is 17.4 Å². The molecule has 4 N–H and O–H groups in total. The van der Waals surface area contributed by atoms with Crippen molar-refractivity contribution >= 4 is 23.6 Å². The van der Waals surface area contributed by atoms with Gasteiger partial charge in [0.05, 0.1) is 5.75 Å². The number of hydrogen-bond acceptors (Lipinski definition) is 4. The highest BCUT2D eigenvalue weighted by molar-refractivity contribution is 7.99. The number of carbonyl (C=O) groups excluding carboxylic acids is 2. The van der Waals surface area contributed by atoms with Gasteiger partial charge in [-0.2, -0.15) is 11.8 Å². The molecule has 0 bridgehead atoms. The molecule has 0 spiro atoms. The molecule has 0 atom stereocenters. The Morgan fingerprint density at radius 1 is 1.31 bits per heavy atom. The molecule has 1 aliphatic heterocycles. The average molecular weight is 245 g/mol. The third-order valence-corrected chi connectivity index (χ3v) is 3.71. The minimum Gasteiger partial charge on any atom is -0.369 e. The molecule has 1 saturated heterocycles. The number of likely N-dealkylation sites (tertiary alicyclic amines) is 1. The molecular weight excluding hydrogens is 226 g/mol. The van der Waals surface area contributed by atoms with E-state index >= 15 is 0 Å². The number of thioether (sulfide) groups is 1. The van der Waals surface area contributed by atoms with Crippen molar-refractivity contribution in [1.29, 1.82) is 0 Å². The monoisotopic (exact) mass is 245 g/mol. The number of piperidine rings is 1. The molecule has 1 heterocycles. The van der Waals surface area contributed by atoms with E-state index < -0.39 is 0 Å². The Hall–Kier alpha value is -0.750. The average Bonchev–Trinajstić information content (AvgIpc) is 2.29. The molecule has 0 saturated carbocycles. The summed E-state index contributed by atoms with van der Waals surface area (Å²) < 4.78 is 0. The van der Waals surface area contributed by atoms with Gasteiger partial charge in [-0.05, 0) is 12.8 Å². The van der Waals surface area contributed by atoms with Gasteiger partial charge in [0.2, 0.25) is 11.8 Å². The predicted octanol–water partition coefficient (Wildman–Crippen LogP) is -0.598. The van der Waals surface area contributed by atoms with Gasteiger partial charge in [-0.3, -0.25) is 9.59 Å². The molecule has 1 aliphatic rings. The Kier molecular flexibility index (Phi) is 5.62. The van der Waals surface area contributed by atoms with Crippen LogP contribution in [0.25, 0.3) is 0 Å². The van der Waals surface area contributed by atoms with Crippen LogP contribution in [0.1, 0.15) is 12.8 Å². The maximum Gasteiger partial charge on any atom is 0.232 e. The van der Waals surface area contributed by atoms with Gasteiger partial charge in [0.15, 0.2) is 0 Å². The topological polar surface area (TPSA) is 89.4 Å². The Labute approximate surface area is 99.9 Å². The van der Waals surface area contributed by atoms with Crippen LogP contribution in [0.15, 0.2) is 0 Å². The van der Waals surface area contributed by atoms with Crippen molar-refractivity contribution in [2.45, 2.75) is 12.8 Å². The van der Waals surface area contributed by atoms with Crippen LogP contribution in [0, 0.1) is 5.92 Å². The van der Waals surface area contributed by atoms with Gasteiger partial charge in [-0.15, -0.1) is 0 Å². The molecule has 0 aromatic rings. The number of rotatable bonds is 5. The Morgan fingerprint density at radius 3 is 2.44 bits per heavy atom. The zero-order valence-corrected chi connectivity index (χ0v) is 10.2. The molecule has 1 rings (SSSR count). The Bertz CT molecular complexity index is 252. The fourth-order valence-electron chi connectivity index (χ4n) is 1.75. The van der Waals surface area contributed by atoms with E-state index in [9.17, 15) is 9.59 Å². The van der Waals surface area contributed by atoms with Crippen LogP contribution in [0.3, 0.4) is 0 Å². The van der Waals surface area contributed by atoms with Gasteiger partial charge in [-0.25, -0.2) is 0 Å². The number of nitrogens with two attached hydrogens (primary N) is 2. The second kappa shape index (κ2) is 6.75. The summed E-state index contributed by atoms with van der Waals surface area (Å²) in [4.78, 5) is 24.4. The molecule has 16 heavy (non-hydrogen) atoms. The van der Waals surface area contributed by atoms with E-state index in [1.807, 2.05) is 4.90 Å². The molecule has 0 aromatic carbocycles. The lowest BCUT2D eigenvalue weighted by molar-refractivity contribution is -0.132. The third kappa shape index (κ3) is 4.02. The van der Waals surface area contributed by atoms with Gasteiger partial charge in [0.25, 0.3) is 0 Å². The zero-order valence-electron chi connectivity index (χ0n) is 9.35. The predicted molar refractivity (Wildman–Crippen MR) is 64.9 cm³/mol. The first-order valence-electron chi connectivity index (χ1n) is 5.50. The summed E-state index contributed by atoms with van der Waals surface area (Å²) in [5, 5.41) is 0. The maximum atomic E-state index is 11.7. The van der Waals surface area contributed by atoms with Crippen molar-refractivity contribution < 1.29 is 9.59 Å². The first-order chi connectivity index (χ1) is 7.65. The lowest BCUT2D eigenvalue weighted by Crippen LogP contribution is -2.42. The largest absolute Gasteiger partial charge is 0.369 e. The van der Waals surface area contributed by atoms with Gasteiger partial charge in [-0.1, -0.05) is 0 Å². The summed E-state index contributed by atoms with van der Waals surface area (Å²) in [6.07, 6.45) is 1.39. The van der Waals surface area contributed by atoms with Crippen molar-refractivity contribution in [3.8, 4) is 0 Å². The molecule has 0 aromatic heterocycles. The maximum absolute atomic E-state index is 11.7. The van der Waals surface area contributed by atoms with Crippen molar-refractivity contribution in [3.63, 3.8) is 0 Å². The van der Waals surface area contributed by atoms with Gasteiger partial charge < -0.3 is 16.4 Å². The van der Waals surface area contributed by atoms with E-state index in [-0.39, 0.29) is 17.7 Å². The number of carbonyl (C=O) groups is 2. The molecule has 6 heteroatoms.